The number of nitrogens with zero attached hydrogens (tertiary/aromatic N) is 3. The van der Waals surface area contributed by atoms with Crippen molar-refractivity contribution in [1.82, 2.24) is 19.5 Å². The highest BCUT2D eigenvalue weighted by molar-refractivity contribution is 7.71. The summed E-state index contributed by atoms with van der Waals surface area (Å²) in [7, 11) is 1.61. The van der Waals surface area contributed by atoms with Crippen molar-refractivity contribution >= 4 is 23.4 Å². The minimum absolute atomic E-state index is 0.394. The van der Waals surface area contributed by atoms with E-state index in [-0.39, 0.29) is 0 Å². The van der Waals surface area contributed by atoms with Gasteiger partial charge >= 0.3 is 0 Å². The summed E-state index contributed by atoms with van der Waals surface area (Å²) in [6, 6.07) is 0. The molecular formula is C13H18N4OS. The monoisotopic (exact) mass is 278 g/mol. The number of nitrogens with one attached hydrogen (secondary N) is 1. The number of hydrogen-bond donors (Lipinski definition) is 1. The van der Waals surface area contributed by atoms with Gasteiger partial charge in [-0.05, 0) is 36.9 Å². The predicted octanol–water partition coefficient (Wildman–Crippen LogP) is 3.08. The first-order valence-electron chi connectivity index (χ1n) is 6.66. The fraction of sp³-hybridized carbons (Fsp3) is 0.615. The molecule has 0 aliphatic heterocycles. The molecule has 2 heterocycles. The second-order valence-corrected chi connectivity index (χ2v) is 5.69. The van der Waals surface area contributed by atoms with Crippen LogP contribution in [-0.4, -0.2) is 26.6 Å². The SMILES string of the molecule is CCC1(Cn2c(=S)[nH]c3c(OC)ncnc32)CCC1. The molecule has 5 nitrogen and oxygen atoms in total. The number of rotatable bonds is 4. The van der Waals surface area contributed by atoms with Crippen molar-refractivity contribution in [3.8, 4) is 5.88 Å². The molecule has 2 aromatic rings. The summed E-state index contributed by atoms with van der Waals surface area (Å²) in [6.07, 6.45) is 6.59. The Bertz CT molecular complexity index is 651. The van der Waals surface area contributed by atoms with Crippen LogP contribution in [0.1, 0.15) is 32.6 Å². The number of H-pyrrole nitrogens is 1. The second-order valence-electron chi connectivity index (χ2n) is 5.30. The molecule has 0 bridgehead atoms. The van der Waals surface area contributed by atoms with Crippen LogP contribution in [0.4, 0.5) is 0 Å². The van der Waals surface area contributed by atoms with Crippen LogP contribution in [-0.2, 0) is 6.54 Å². The van der Waals surface area contributed by atoms with Gasteiger partial charge in [0, 0.05) is 6.54 Å². The third kappa shape index (κ3) is 1.94. The van der Waals surface area contributed by atoms with E-state index in [0.717, 1.165) is 17.7 Å². The second kappa shape index (κ2) is 4.59. The lowest BCUT2D eigenvalue weighted by molar-refractivity contribution is 0.101. The van der Waals surface area contributed by atoms with E-state index >= 15 is 0 Å². The highest BCUT2D eigenvalue weighted by atomic mass is 32.1. The lowest BCUT2D eigenvalue weighted by Gasteiger charge is -2.41. The van der Waals surface area contributed by atoms with Gasteiger partial charge in [0.15, 0.2) is 10.4 Å². The molecule has 6 heteroatoms. The van der Waals surface area contributed by atoms with Gasteiger partial charge in [0.25, 0.3) is 0 Å². The van der Waals surface area contributed by atoms with Crippen LogP contribution in [0.25, 0.3) is 11.2 Å². The largest absolute Gasteiger partial charge is 0.479 e. The smallest absolute Gasteiger partial charge is 0.242 e. The molecule has 0 amide bonds. The van der Waals surface area contributed by atoms with E-state index in [0.29, 0.717) is 16.1 Å². The predicted molar refractivity (Wildman–Crippen MR) is 75.8 cm³/mol. The van der Waals surface area contributed by atoms with Gasteiger partial charge in [-0.15, -0.1) is 0 Å². The van der Waals surface area contributed by atoms with Crippen LogP contribution in [0, 0.1) is 10.2 Å². The van der Waals surface area contributed by atoms with Crippen molar-refractivity contribution in [2.24, 2.45) is 5.41 Å². The molecule has 3 rings (SSSR count). The molecule has 0 spiro atoms. The van der Waals surface area contributed by atoms with Crippen molar-refractivity contribution in [2.45, 2.75) is 39.2 Å². The standard InChI is InChI=1S/C13H18N4OS/c1-3-13(5-4-6-13)7-17-10-9(16-12(17)19)11(18-2)15-8-14-10/h8H,3-7H2,1-2H3,(H,16,19). The van der Waals surface area contributed by atoms with Gasteiger partial charge < -0.3 is 14.3 Å². The van der Waals surface area contributed by atoms with Crippen LogP contribution in [0.5, 0.6) is 5.88 Å². The zero-order valence-corrected chi connectivity index (χ0v) is 12.1. The van der Waals surface area contributed by atoms with Gasteiger partial charge in [-0.3, -0.25) is 0 Å². The van der Waals surface area contributed by atoms with Crippen molar-refractivity contribution in [1.29, 1.82) is 0 Å². The minimum atomic E-state index is 0.394. The maximum atomic E-state index is 5.43. The fourth-order valence-corrected chi connectivity index (χ4v) is 3.14. The zero-order valence-electron chi connectivity index (χ0n) is 11.3. The third-order valence-corrected chi connectivity index (χ3v) is 4.70. The maximum absolute atomic E-state index is 5.43. The van der Waals surface area contributed by atoms with E-state index < -0.39 is 0 Å². The van der Waals surface area contributed by atoms with Crippen LogP contribution in [0.2, 0.25) is 0 Å². The maximum Gasteiger partial charge on any atom is 0.242 e. The van der Waals surface area contributed by atoms with Crippen molar-refractivity contribution in [2.75, 3.05) is 7.11 Å². The van der Waals surface area contributed by atoms with E-state index in [1.807, 2.05) is 0 Å². The zero-order chi connectivity index (χ0) is 13.5. The molecule has 1 saturated carbocycles. The van der Waals surface area contributed by atoms with Crippen LogP contribution in [0.3, 0.4) is 0 Å². The number of hydrogen-bond acceptors (Lipinski definition) is 4. The van der Waals surface area contributed by atoms with E-state index in [1.165, 1.54) is 32.0 Å². The summed E-state index contributed by atoms with van der Waals surface area (Å²) in [4.78, 5) is 11.6. The third-order valence-electron chi connectivity index (χ3n) is 4.38. The highest BCUT2D eigenvalue weighted by Crippen LogP contribution is 2.45. The first kappa shape index (κ1) is 12.6. The molecule has 2 aromatic heterocycles. The van der Waals surface area contributed by atoms with Gasteiger partial charge in [-0.1, -0.05) is 13.3 Å². The van der Waals surface area contributed by atoms with Gasteiger partial charge in [-0.25, -0.2) is 4.98 Å². The Morgan fingerprint density at radius 3 is 2.84 bits per heavy atom. The fourth-order valence-electron chi connectivity index (χ4n) is 2.88. The first-order chi connectivity index (χ1) is 9.19. The quantitative estimate of drug-likeness (QED) is 0.873. The molecular weight excluding hydrogens is 260 g/mol. The number of aromatic amines is 1. The van der Waals surface area contributed by atoms with Gasteiger partial charge in [-0.2, -0.15) is 4.98 Å². The lowest BCUT2D eigenvalue weighted by Crippen LogP contribution is -2.33. The summed E-state index contributed by atoms with van der Waals surface area (Å²) in [5.74, 6) is 0.550. The summed E-state index contributed by atoms with van der Waals surface area (Å²) in [5.41, 5.74) is 2.03. The Hall–Kier alpha value is -1.43. The minimum Gasteiger partial charge on any atom is -0.479 e. The lowest BCUT2D eigenvalue weighted by atomic mass is 9.67. The first-order valence-corrected chi connectivity index (χ1v) is 7.07. The molecule has 1 fully saturated rings. The topological polar surface area (TPSA) is 55.7 Å². The van der Waals surface area contributed by atoms with Crippen LogP contribution in [0.15, 0.2) is 6.33 Å². The number of aromatic nitrogens is 4. The number of methoxy groups -OCH3 is 1. The molecule has 0 aromatic carbocycles. The summed E-state index contributed by atoms with van der Waals surface area (Å²) in [6.45, 7) is 3.19. The normalized spacial score (nSPS) is 17.4. The Morgan fingerprint density at radius 2 is 2.26 bits per heavy atom. The Morgan fingerprint density at radius 1 is 1.47 bits per heavy atom. The van der Waals surface area contributed by atoms with E-state index in [4.69, 9.17) is 17.0 Å². The molecule has 1 N–H and O–H groups in total. The molecule has 1 aliphatic carbocycles. The van der Waals surface area contributed by atoms with E-state index in [2.05, 4.69) is 26.4 Å². The number of imidazole rings is 1. The molecule has 102 valence electrons. The summed E-state index contributed by atoms with van der Waals surface area (Å²) >= 11 is 5.43. The van der Waals surface area contributed by atoms with E-state index in [1.54, 1.807) is 7.11 Å². The van der Waals surface area contributed by atoms with Gasteiger partial charge in [0.1, 0.15) is 11.8 Å². The molecule has 0 radical (unpaired) electrons. The molecule has 0 atom stereocenters. The van der Waals surface area contributed by atoms with E-state index in [9.17, 15) is 0 Å². The highest BCUT2D eigenvalue weighted by Gasteiger charge is 2.36. The van der Waals surface area contributed by atoms with Crippen molar-refractivity contribution in [3.63, 3.8) is 0 Å². The number of fused-ring (bicyclic) bond motifs is 1. The summed E-state index contributed by atoms with van der Waals surface area (Å²) < 4.78 is 8.05. The van der Waals surface area contributed by atoms with Gasteiger partial charge in [0.2, 0.25) is 5.88 Å². The molecule has 1 aliphatic rings. The Labute approximate surface area is 117 Å². The molecule has 0 saturated heterocycles. The van der Waals surface area contributed by atoms with Crippen molar-refractivity contribution in [3.05, 3.63) is 11.1 Å². The molecule has 0 unspecified atom stereocenters. The van der Waals surface area contributed by atoms with Crippen LogP contribution < -0.4 is 4.74 Å². The average Bonchev–Trinajstić information content (AvgIpc) is 2.69. The van der Waals surface area contributed by atoms with Gasteiger partial charge in [0.05, 0.1) is 7.11 Å². The van der Waals surface area contributed by atoms with Crippen molar-refractivity contribution < 1.29 is 4.74 Å². The average molecular weight is 278 g/mol. The Kier molecular flexibility index (Phi) is 3.05. The summed E-state index contributed by atoms with van der Waals surface area (Å²) in [5, 5.41) is 0. The number of ether oxygens (including phenoxy) is 1. The molecule has 19 heavy (non-hydrogen) atoms. The van der Waals surface area contributed by atoms with Crippen LogP contribution >= 0.6 is 12.2 Å². The Balaban J connectivity index is 2.08.